The first kappa shape index (κ1) is 37.5. The van der Waals surface area contributed by atoms with Gasteiger partial charge < -0.3 is 23.7 Å². The minimum absolute atomic E-state index is 0.0239. The van der Waals surface area contributed by atoms with E-state index in [0.29, 0.717) is 39.6 Å². The van der Waals surface area contributed by atoms with E-state index in [4.69, 9.17) is 23.7 Å². The van der Waals surface area contributed by atoms with Gasteiger partial charge in [0.1, 0.15) is 24.7 Å². The van der Waals surface area contributed by atoms with E-state index in [1.165, 1.54) is 11.1 Å². The van der Waals surface area contributed by atoms with E-state index < -0.39 is 11.2 Å². The molecule has 0 radical (unpaired) electrons. The van der Waals surface area contributed by atoms with Crippen molar-refractivity contribution in [3.05, 3.63) is 80.8 Å². The van der Waals surface area contributed by atoms with Gasteiger partial charge in [0.15, 0.2) is 0 Å². The molecule has 0 heterocycles. The molecule has 0 N–H and O–H groups in total. The van der Waals surface area contributed by atoms with Crippen LogP contribution in [0.1, 0.15) is 91.5 Å². The zero-order valence-electron chi connectivity index (χ0n) is 27.9. The first-order valence-corrected chi connectivity index (χ1v) is 16.5. The van der Waals surface area contributed by atoms with E-state index in [1.807, 2.05) is 0 Å². The molecular formula is C36H52Br2O5. The Labute approximate surface area is 277 Å². The average molecular weight is 725 g/mol. The summed E-state index contributed by atoms with van der Waals surface area (Å²) < 4.78 is 32.6. The molecule has 2 aromatic rings. The summed E-state index contributed by atoms with van der Waals surface area (Å²) in [5.41, 5.74) is 3.12. The number of benzene rings is 2. The maximum absolute atomic E-state index is 6.36. The van der Waals surface area contributed by atoms with E-state index in [-0.39, 0.29) is 10.8 Å². The van der Waals surface area contributed by atoms with E-state index in [0.717, 1.165) is 31.6 Å². The lowest BCUT2D eigenvalue weighted by Gasteiger charge is -2.31. The first-order valence-electron chi connectivity index (χ1n) is 14.9. The fraction of sp³-hybridized carbons (Fsp3) is 0.556. The first-order chi connectivity index (χ1) is 19.8. The number of ether oxygens (including phenoxy) is 5. The molecule has 0 saturated heterocycles. The van der Waals surface area contributed by atoms with Gasteiger partial charge in [0.25, 0.3) is 0 Å². The van der Waals surface area contributed by atoms with Gasteiger partial charge in [-0.05, 0) is 106 Å². The Morgan fingerprint density at radius 3 is 1.23 bits per heavy atom. The quantitative estimate of drug-likeness (QED) is 0.127. The van der Waals surface area contributed by atoms with Gasteiger partial charge in [0.05, 0.1) is 46.6 Å². The Morgan fingerprint density at radius 1 is 0.581 bits per heavy atom. The van der Waals surface area contributed by atoms with Gasteiger partial charge in [-0.3, -0.25) is 0 Å². The van der Waals surface area contributed by atoms with Crippen LogP contribution in [0.4, 0.5) is 0 Å². The molecule has 0 fully saturated rings. The molecule has 240 valence electrons. The maximum Gasteiger partial charge on any atom is 0.140 e. The van der Waals surface area contributed by atoms with Crippen molar-refractivity contribution in [2.75, 3.05) is 39.6 Å². The third-order valence-electron chi connectivity index (χ3n) is 7.19. The van der Waals surface area contributed by atoms with E-state index in [9.17, 15) is 0 Å². The lowest BCUT2D eigenvalue weighted by atomic mass is 9.83. The normalized spacial score (nSPS) is 12.7. The highest BCUT2D eigenvalue weighted by molar-refractivity contribution is 9.11. The van der Waals surface area contributed by atoms with Crippen molar-refractivity contribution in [2.24, 2.45) is 0 Å². The van der Waals surface area contributed by atoms with Gasteiger partial charge in [-0.1, -0.05) is 66.9 Å². The summed E-state index contributed by atoms with van der Waals surface area (Å²) in [6.45, 7) is 31.6. The van der Waals surface area contributed by atoms with E-state index >= 15 is 0 Å². The molecule has 2 rings (SSSR count). The summed E-state index contributed by atoms with van der Waals surface area (Å²) in [5, 5.41) is 0. The SMILES string of the molecule is C=CCOc1c(Br)cc(C(C)(C)C)cc1C(C)(C)OCCOCCOC(C)(C)c1cc(C(C)(C)C)cc(Br)c1OCC=C. The van der Waals surface area contributed by atoms with Crippen LogP contribution in [-0.4, -0.2) is 39.6 Å². The molecule has 0 spiro atoms. The zero-order valence-corrected chi connectivity index (χ0v) is 31.1. The van der Waals surface area contributed by atoms with Crippen molar-refractivity contribution < 1.29 is 23.7 Å². The van der Waals surface area contributed by atoms with Crippen molar-refractivity contribution in [3.8, 4) is 11.5 Å². The van der Waals surface area contributed by atoms with Crippen molar-refractivity contribution in [1.82, 2.24) is 0 Å². The van der Waals surface area contributed by atoms with Crippen molar-refractivity contribution >= 4 is 31.9 Å². The minimum atomic E-state index is -0.602. The van der Waals surface area contributed by atoms with Crippen LogP contribution in [0.25, 0.3) is 0 Å². The second kappa shape index (κ2) is 15.6. The monoisotopic (exact) mass is 722 g/mol. The number of rotatable bonds is 16. The van der Waals surface area contributed by atoms with E-state index in [2.05, 4.69) is 139 Å². The Bertz CT molecular complexity index is 1140. The van der Waals surface area contributed by atoms with Gasteiger partial charge in [0, 0.05) is 11.1 Å². The van der Waals surface area contributed by atoms with Crippen molar-refractivity contribution in [1.29, 1.82) is 0 Å². The second-order valence-corrected chi connectivity index (χ2v) is 15.4. The third-order valence-corrected chi connectivity index (χ3v) is 8.37. The molecule has 0 saturated carbocycles. The smallest absolute Gasteiger partial charge is 0.140 e. The van der Waals surface area contributed by atoms with Crippen LogP contribution in [-0.2, 0) is 36.2 Å². The standard InChI is InChI=1S/C36H52Br2O5/c1-13-15-40-31-27(21-25(23-29(31)37)33(3,4)5)35(9,10)42-19-17-39-18-20-43-36(11,12)28-22-26(34(6,7)8)24-30(38)32(28)41-16-14-2/h13-14,21-24H,1-2,15-20H2,3-12H3. The van der Waals surface area contributed by atoms with Crippen molar-refractivity contribution in [2.45, 2.75) is 91.3 Å². The van der Waals surface area contributed by atoms with Crippen LogP contribution >= 0.6 is 31.9 Å². The summed E-state index contributed by atoms with van der Waals surface area (Å²) in [4.78, 5) is 0. The molecule has 7 heteroatoms. The largest absolute Gasteiger partial charge is 0.488 e. The van der Waals surface area contributed by atoms with Gasteiger partial charge in [-0.15, -0.1) is 0 Å². The highest BCUT2D eigenvalue weighted by Crippen LogP contribution is 2.43. The van der Waals surface area contributed by atoms with E-state index in [1.54, 1.807) is 12.2 Å². The van der Waals surface area contributed by atoms with Crippen molar-refractivity contribution in [3.63, 3.8) is 0 Å². The average Bonchev–Trinajstić information content (AvgIpc) is 2.89. The van der Waals surface area contributed by atoms with Gasteiger partial charge in [0.2, 0.25) is 0 Å². The molecule has 0 aliphatic heterocycles. The summed E-state index contributed by atoms with van der Waals surface area (Å²) in [7, 11) is 0. The fourth-order valence-corrected chi connectivity index (χ4v) is 5.64. The second-order valence-electron chi connectivity index (χ2n) is 13.7. The molecule has 2 aromatic carbocycles. The van der Waals surface area contributed by atoms with Crippen LogP contribution in [0.2, 0.25) is 0 Å². The molecular weight excluding hydrogens is 672 g/mol. The number of hydrogen-bond donors (Lipinski definition) is 0. The minimum Gasteiger partial charge on any atom is -0.488 e. The highest BCUT2D eigenvalue weighted by Gasteiger charge is 2.31. The molecule has 5 nitrogen and oxygen atoms in total. The summed E-state index contributed by atoms with van der Waals surface area (Å²) >= 11 is 7.44. The fourth-order valence-electron chi connectivity index (χ4n) is 4.49. The Morgan fingerprint density at radius 2 is 0.930 bits per heavy atom. The molecule has 0 unspecified atom stereocenters. The third kappa shape index (κ3) is 10.7. The zero-order chi connectivity index (χ0) is 32.6. The molecule has 0 bridgehead atoms. The Kier molecular flexibility index (Phi) is 13.6. The highest BCUT2D eigenvalue weighted by atomic mass is 79.9. The van der Waals surface area contributed by atoms with Crippen LogP contribution < -0.4 is 9.47 Å². The lowest BCUT2D eigenvalue weighted by molar-refractivity contribution is -0.0755. The maximum atomic E-state index is 6.36. The molecule has 0 amide bonds. The van der Waals surface area contributed by atoms with Crippen LogP contribution in [0, 0.1) is 0 Å². The van der Waals surface area contributed by atoms with Crippen LogP contribution in [0.15, 0.2) is 58.5 Å². The summed E-state index contributed by atoms with van der Waals surface area (Å²) in [5.74, 6) is 1.54. The Hall–Kier alpha value is -1.64. The van der Waals surface area contributed by atoms with Gasteiger partial charge >= 0.3 is 0 Å². The van der Waals surface area contributed by atoms with Crippen LogP contribution in [0.5, 0.6) is 11.5 Å². The Balaban J connectivity index is 2.05. The topological polar surface area (TPSA) is 46.2 Å². The molecule has 0 aromatic heterocycles. The lowest BCUT2D eigenvalue weighted by Crippen LogP contribution is -2.27. The summed E-state index contributed by atoms with van der Waals surface area (Å²) in [6, 6.07) is 8.60. The predicted molar refractivity (Wildman–Crippen MR) is 186 cm³/mol. The number of hydrogen-bond acceptors (Lipinski definition) is 5. The number of halogens is 2. The molecule has 0 aliphatic carbocycles. The summed E-state index contributed by atoms with van der Waals surface area (Å²) in [6.07, 6.45) is 3.49. The van der Waals surface area contributed by atoms with Gasteiger partial charge in [-0.25, -0.2) is 0 Å². The predicted octanol–water partition coefficient (Wildman–Crippen LogP) is 10.2. The molecule has 43 heavy (non-hydrogen) atoms. The molecule has 0 aliphatic rings. The van der Waals surface area contributed by atoms with Gasteiger partial charge in [-0.2, -0.15) is 0 Å². The molecule has 0 atom stereocenters. The van der Waals surface area contributed by atoms with Crippen LogP contribution in [0.3, 0.4) is 0 Å².